The number of benzene rings is 1. The van der Waals surface area contributed by atoms with Gasteiger partial charge in [-0.25, -0.2) is 4.98 Å². The maximum Gasteiger partial charge on any atom is 0.230 e. The van der Waals surface area contributed by atoms with E-state index in [4.69, 9.17) is 4.98 Å². The summed E-state index contributed by atoms with van der Waals surface area (Å²) in [6, 6.07) is 8.39. The third-order valence-corrected chi connectivity index (χ3v) is 6.85. The van der Waals surface area contributed by atoms with Crippen molar-refractivity contribution in [2.45, 2.75) is 52.1 Å². The summed E-state index contributed by atoms with van der Waals surface area (Å²) in [5.74, 6) is 2.35. The molecule has 1 spiro atoms. The van der Waals surface area contributed by atoms with Gasteiger partial charge >= 0.3 is 0 Å². The van der Waals surface area contributed by atoms with E-state index >= 15 is 0 Å². The molecule has 2 aliphatic heterocycles. The first-order valence-electron chi connectivity index (χ1n) is 10.6. The summed E-state index contributed by atoms with van der Waals surface area (Å²) in [5, 5.41) is 0. The monoisotopic (exact) mass is 366 g/mol. The number of piperidine rings is 1. The van der Waals surface area contributed by atoms with Crippen LogP contribution in [0.15, 0.2) is 24.3 Å². The Morgan fingerprint density at radius 2 is 2.04 bits per heavy atom. The van der Waals surface area contributed by atoms with Crippen LogP contribution >= 0.6 is 0 Å². The second-order valence-corrected chi connectivity index (χ2v) is 8.80. The minimum atomic E-state index is -0.129. The van der Waals surface area contributed by atoms with Crippen LogP contribution in [-0.2, 0) is 17.9 Å². The Morgan fingerprint density at radius 3 is 2.85 bits per heavy atom. The lowest BCUT2D eigenvalue weighted by Gasteiger charge is -2.39. The van der Waals surface area contributed by atoms with Crippen LogP contribution < -0.4 is 0 Å². The molecule has 1 atom stereocenters. The Labute approximate surface area is 161 Å². The molecule has 3 fully saturated rings. The van der Waals surface area contributed by atoms with Crippen LogP contribution in [-0.4, -0.2) is 51.4 Å². The molecule has 27 heavy (non-hydrogen) atoms. The van der Waals surface area contributed by atoms with Gasteiger partial charge in [0, 0.05) is 26.2 Å². The number of hydrogen-bond donors (Lipinski definition) is 0. The summed E-state index contributed by atoms with van der Waals surface area (Å²) >= 11 is 0. The van der Waals surface area contributed by atoms with Crippen molar-refractivity contribution in [2.24, 2.45) is 11.3 Å². The molecule has 144 valence electrons. The molecule has 5 heteroatoms. The van der Waals surface area contributed by atoms with E-state index in [1.54, 1.807) is 0 Å². The van der Waals surface area contributed by atoms with Crippen LogP contribution in [0.1, 0.15) is 44.9 Å². The molecular weight excluding hydrogens is 336 g/mol. The number of likely N-dealkylation sites (tertiary alicyclic amines) is 2. The topological polar surface area (TPSA) is 41.4 Å². The fourth-order valence-electron chi connectivity index (χ4n) is 5.21. The highest BCUT2D eigenvalue weighted by atomic mass is 16.2. The van der Waals surface area contributed by atoms with Gasteiger partial charge in [-0.2, -0.15) is 0 Å². The van der Waals surface area contributed by atoms with Gasteiger partial charge in [0.05, 0.1) is 23.0 Å². The number of rotatable bonds is 5. The van der Waals surface area contributed by atoms with Gasteiger partial charge < -0.3 is 9.47 Å². The quantitative estimate of drug-likeness (QED) is 0.815. The summed E-state index contributed by atoms with van der Waals surface area (Å²) in [6.07, 6.45) is 5.87. The van der Waals surface area contributed by atoms with Gasteiger partial charge in [-0.1, -0.05) is 12.1 Å². The maximum atomic E-state index is 13.3. The van der Waals surface area contributed by atoms with E-state index in [9.17, 15) is 4.79 Å². The molecule has 1 unspecified atom stereocenters. The van der Waals surface area contributed by atoms with Crippen LogP contribution in [0.3, 0.4) is 0 Å². The zero-order valence-electron chi connectivity index (χ0n) is 16.4. The normalized spacial score (nSPS) is 26.6. The molecule has 3 heterocycles. The summed E-state index contributed by atoms with van der Waals surface area (Å²) < 4.78 is 2.32. The second-order valence-electron chi connectivity index (χ2n) is 8.80. The standard InChI is InChI=1S/C22H30N4O/c1-2-26-19-7-4-3-6-18(19)23-20(26)15-24-13-11-22(16-24)10-5-12-25(21(22)27)14-17-8-9-17/h3-4,6-7,17H,2,5,8-16H2,1H3. The van der Waals surface area contributed by atoms with E-state index in [-0.39, 0.29) is 5.41 Å². The zero-order chi connectivity index (χ0) is 18.4. The first-order chi connectivity index (χ1) is 13.2. The number of imidazole rings is 1. The molecule has 1 aromatic heterocycles. The fraction of sp³-hybridized carbons (Fsp3) is 0.636. The van der Waals surface area contributed by atoms with Gasteiger partial charge in [-0.3, -0.25) is 9.69 Å². The lowest BCUT2D eigenvalue weighted by molar-refractivity contribution is -0.145. The largest absolute Gasteiger partial charge is 0.342 e. The summed E-state index contributed by atoms with van der Waals surface area (Å²) in [7, 11) is 0. The zero-order valence-corrected chi connectivity index (χ0v) is 16.4. The first-order valence-corrected chi connectivity index (χ1v) is 10.6. The smallest absolute Gasteiger partial charge is 0.230 e. The van der Waals surface area contributed by atoms with Crippen LogP contribution in [0.2, 0.25) is 0 Å². The van der Waals surface area contributed by atoms with Gasteiger partial charge in [0.2, 0.25) is 5.91 Å². The van der Waals surface area contributed by atoms with Crippen molar-refractivity contribution in [3.8, 4) is 0 Å². The van der Waals surface area contributed by atoms with Crippen molar-refractivity contribution in [1.29, 1.82) is 0 Å². The number of fused-ring (bicyclic) bond motifs is 1. The third-order valence-electron chi connectivity index (χ3n) is 6.85. The van der Waals surface area contributed by atoms with E-state index in [1.165, 1.54) is 24.8 Å². The minimum Gasteiger partial charge on any atom is -0.342 e. The van der Waals surface area contributed by atoms with E-state index in [1.807, 2.05) is 0 Å². The number of amides is 1. The SMILES string of the molecule is CCn1c(CN2CCC3(CCCN(CC4CC4)C3=O)C2)nc2ccccc21. The number of aromatic nitrogens is 2. The highest BCUT2D eigenvalue weighted by Crippen LogP contribution is 2.42. The van der Waals surface area contributed by atoms with Crippen molar-refractivity contribution in [1.82, 2.24) is 19.4 Å². The first kappa shape index (κ1) is 17.2. The Hall–Kier alpha value is -1.88. The Bertz CT molecular complexity index is 855. The maximum absolute atomic E-state index is 13.3. The summed E-state index contributed by atoms with van der Waals surface area (Å²) in [4.78, 5) is 22.8. The minimum absolute atomic E-state index is 0.129. The molecule has 5 nitrogen and oxygen atoms in total. The van der Waals surface area contributed by atoms with Crippen LogP contribution in [0, 0.1) is 11.3 Å². The molecule has 3 aliphatic rings. The fourth-order valence-corrected chi connectivity index (χ4v) is 5.21. The van der Waals surface area contributed by atoms with Crippen LogP contribution in [0.5, 0.6) is 0 Å². The number of aryl methyl sites for hydroxylation is 1. The lowest BCUT2D eigenvalue weighted by Crippen LogP contribution is -2.50. The highest BCUT2D eigenvalue weighted by Gasteiger charge is 2.48. The molecule has 0 radical (unpaired) electrons. The van der Waals surface area contributed by atoms with Gasteiger partial charge in [0.15, 0.2) is 0 Å². The van der Waals surface area contributed by atoms with E-state index in [0.29, 0.717) is 5.91 Å². The molecule has 1 aliphatic carbocycles. The number of hydrogen-bond acceptors (Lipinski definition) is 3. The van der Waals surface area contributed by atoms with Gasteiger partial charge in [-0.15, -0.1) is 0 Å². The molecule has 5 rings (SSSR count). The number of carbonyl (C=O) groups excluding carboxylic acids is 1. The number of nitrogens with zero attached hydrogens (tertiary/aromatic N) is 4. The van der Waals surface area contributed by atoms with Crippen molar-refractivity contribution >= 4 is 16.9 Å². The number of para-hydroxylation sites is 2. The molecule has 0 N–H and O–H groups in total. The van der Waals surface area contributed by atoms with Crippen molar-refractivity contribution in [2.75, 3.05) is 26.2 Å². The van der Waals surface area contributed by atoms with Crippen molar-refractivity contribution < 1.29 is 4.79 Å². The highest BCUT2D eigenvalue weighted by molar-refractivity contribution is 5.84. The average molecular weight is 367 g/mol. The molecule has 0 bridgehead atoms. The van der Waals surface area contributed by atoms with Crippen LogP contribution in [0.25, 0.3) is 11.0 Å². The van der Waals surface area contributed by atoms with E-state index in [2.05, 4.69) is 45.6 Å². The van der Waals surface area contributed by atoms with Crippen molar-refractivity contribution in [3.05, 3.63) is 30.1 Å². The molecule has 1 amide bonds. The molecule has 2 saturated heterocycles. The predicted octanol–water partition coefficient (Wildman–Crippen LogP) is 3.28. The third kappa shape index (κ3) is 3.06. The Kier molecular flexibility index (Phi) is 4.23. The van der Waals surface area contributed by atoms with Gasteiger partial charge in [0.25, 0.3) is 0 Å². The van der Waals surface area contributed by atoms with E-state index < -0.39 is 0 Å². The Morgan fingerprint density at radius 1 is 1.19 bits per heavy atom. The van der Waals surface area contributed by atoms with Gasteiger partial charge in [-0.05, 0) is 63.6 Å². The van der Waals surface area contributed by atoms with Gasteiger partial charge in [0.1, 0.15) is 5.82 Å². The molecule has 1 saturated carbocycles. The molecule has 1 aromatic carbocycles. The summed E-state index contributed by atoms with van der Waals surface area (Å²) in [5.41, 5.74) is 2.16. The number of carbonyl (C=O) groups is 1. The lowest BCUT2D eigenvalue weighted by atomic mass is 9.78. The molecule has 2 aromatic rings. The van der Waals surface area contributed by atoms with Crippen molar-refractivity contribution in [3.63, 3.8) is 0 Å². The Balaban J connectivity index is 1.33. The molecular formula is C22H30N4O. The van der Waals surface area contributed by atoms with Crippen LogP contribution in [0.4, 0.5) is 0 Å². The van der Waals surface area contributed by atoms with E-state index in [0.717, 1.165) is 69.4 Å². The average Bonchev–Trinajstić information content (AvgIpc) is 3.29. The predicted molar refractivity (Wildman–Crippen MR) is 106 cm³/mol. The summed E-state index contributed by atoms with van der Waals surface area (Å²) in [6.45, 7) is 7.86. The second kappa shape index (κ2) is 6.62.